The number of para-hydroxylation sites is 2. The lowest BCUT2D eigenvalue weighted by atomic mass is 10.2. The smallest absolute Gasteiger partial charge is 0.127 e. The Bertz CT molecular complexity index is 1390. The maximum absolute atomic E-state index is 5.86. The zero-order valence-electron chi connectivity index (χ0n) is 20.8. The molecule has 1 heterocycles. The van der Waals surface area contributed by atoms with Gasteiger partial charge in [-0.3, -0.25) is 9.98 Å². The molecule has 0 saturated carbocycles. The van der Waals surface area contributed by atoms with Crippen molar-refractivity contribution in [3.63, 3.8) is 0 Å². The molecule has 182 valence electrons. The van der Waals surface area contributed by atoms with Gasteiger partial charge in [-0.2, -0.15) is 0 Å². The molecular weight excluding hydrogens is 458 g/mol. The number of benzene rings is 4. The van der Waals surface area contributed by atoms with Gasteiger partial charge in [0.2, 0.25) is 0 Å². The molecule has 0 fully saturated rings. The first-order valence-corrected chi connectivity index (χ1v) is 12.1. The van der Waals surface area contributed by atoms with Crippen molar-refractivity contribution in [3.05, 3.63) is 133 Å². The van der Waals surface area contributed by atoms with E-state index in [4.69, 9.17) is 19.5 Å². The van der Waals surface area contributed by atoms with Crippen LogP contribution >= 0.6 is 0 Å². The Morgan fingerprint density at radius 3 is 1.19 bits per heavy atom. The second-order valence-electron chi connectivity index (χ2n) is 8.50. The topological polar surface area (TPSA) is 59.0 Å². The van der Waals surface area contributed by atoms with Crippen LogP contribution in [0.25, 0.3) is 0 Å². The number of aliphatic imine (C=N–C) groups is 2. The summed E-state index contributed by atoms with van der Waals surface area (Å²) in [6, 6.07) is 39.0. The quantitative estimate of drug-likeness (QED) is 0.223. The van der Waals surface area contributed by atoms with Crippen LogP contribution in [0.15, 0.2) is 131 Å². The molecule has 1 aromatic heterocycles. The average Bonchev–Trinajstić information content (AvgIpc) is 3.43. The Morgan fingerprint density at radius 2 is 0.811 bits per heavy atom. The minimum atomic E-state index is 0.775. The van der Waals surface area contributed by atoms with Crippen molar-refractivity contribution in [2.75, 3.05) is 0 Å². The fraction of sp³-hybridized carbons (Fsp3) is 0.0625. The number of hydrogen-bond acceptors (Lipinski definition) is 4. The Morgan fingerprint density at radius 1 is 0.459 bits per heavy atom. The Balaban J connectivity index is 1.23. The molecule has 0 spiro atoms. The Hall–Kier alpha value is -4.90. The van der Waals surface area contributed by atoms with Gasteiger partial charge in [0.1, 0.15) is 23.0 Å². The molecule has 1 N–H and O–H groups in total. The van der Waals surface area contributed by atoms with Crippen LogP contribution in [0.1, 0.15) is 25.2 Å². The van der Waals surface area contributed by atoms with Gasteiger partial charge >= 0.3 is 0 Å². The summed E-state index contributed by atoms with van der Waals surface area (Å²) in [6.45, 7) is 3.98. The number of hydrogen-bond donors (Lipinski definition) is 1. The zero-order chi connectivity index (χ0) is 25.5. The van der Waals surface area contributed by atoms with Crippen molar-refractivity contribution in [2.24, 2.45) is 9.98 Å². The zero-order valence-corrected chi connectivity index (χ0v) is 20.8. The molecule has 0 aliphatic rings. The molecule has 4 aromatic carbocycles. The Labute approximate surface area is 216 Å². The summed E-state index contributed by atoms with van der Waals surface area (Å²) in [6.07, 6.45) is 0. The van der Waals surface area contributed by atoms with Crippen LogP contribution in [0.3, 0.4) is 0 Å². The maximum atomic E-state index is 5.86. The predicted octanol–water partition coefficient (Wildman–Crippen LogP) is 8.88. The fourth-order valence-corrected chi connectivity index (χ4v) is 3.75. The normalized spacial score (nSPS) is 11.8. The van der Waals surface area contributed by atoms with Gasteiger partial charge in [-0.05, 0) is 98.8 Å². The second-order valence-corrected chi connectivity index (χ2v) is 8.50. The highest BCUT2D eigenvalue weighted by Crippen LogP contribution is 2.26. The summed E-state index contributed by atoms with van der Waals surface area (Å²) in [7, 11) is 0. The fourth-order valence-electron chi connectivity index (χ4n) is 3.75. The number of aromatic nitrogens is 1. The van der Waals surface area contributed by atoms with Crippen LogP contribution in [0.4, 0.5) is 11.4 Å². The van der Waals surface area contributed by atoms with Gasteiger partial charge in [0.05, 0.1) is 34.2 Å². The lowest BCUT2D eigenvalue weighted by Crippen LogP contribution is -1.98. The van der Waals surface area contributed by atoms with Crippen LogP contribution in [-0.2, 0) is 0 Å². The molecule has 5 nitrogen and oxygen atoms in total. The van der Waals surface area contributed by atoms with Gasteiger partial charge in [-0.1, -0.05) is 36.4 Å². The lowest BCUT2D eigenvalue weighted by molar-refractivity contribution is 0.482. The molecule has 0 amide bonds. The first kappa shape index (κ1) is 23.8. The van der Waals surface area contributed by atoms with Gasteiger partial charge in [0.15, 0.2) is 0 Å². The van der Waals surface area contributed by atoms with E-state index in [-0.39, 0.29) is 0 Å². The molecule has 0 aliphatic heterocycles. The molecular formula is C32H27N3O2. The summed E-state index contributed by atoms with van der Waals surface area (Å²) < 4.78 is 11.7. The van der Waals surface area contributed by atoms with Crippen molar-refractivity contribution in [3.8, 4) is 23.0 Å². The summed E-state index contributed by atoms with van der Waals surface area (Å²) in [4.78, 5) is 12.9. The minimum absolute atomic E-state index is 0.775. The summed E-state index contributed by atoms with van der Waals surface area (Å²) in [5, 5.41) is 0. The van der Waals surface area contributed by atoms with E-state index in [2.05, 4.69) is 4.98 Å². The summed E-state index contributed by atoms with van der Waals surface area (Å²) in [5.41, 5.74) is 5.38. The first-order valence-electron chi connectivity index (χ1n) is 12.1. The maximum Gasteiger partial charge on any atom is 0.127 e. The van der Waals surface area contributed by atoms with E-state index < -0.39 is 0 Å². The van der Waals surface area contributed by atoms with E-state index in [0.717, 1.165) is 57.2 Å². The molecule has 5 heteroatoms. The van der Waals surface area contributed by atoms with E-state index in [1.807, 2.05) is 135 Å². The van der Waals surface area contributed by atoms with Crippen LogP contribution in [0, 0.1) is 0 Å². The van der Waals surface area contributed by atoms with Crippen LogP contribution in [0.2, 0.25) is 0 Å². The average molecular weight is 486 g/mol. The summed E-state index contributed by atoms with van der Waals surface area (Å²) in [5.74, 6) is 3.16. The molecule has 37 heavy (non-hydrogen) atoms. The monoisotopic (exact) mass is 485 g/mol. The van der Waals surface area contributed by atoms with Crippen molar-refractivity contribution in [2.45, 2.75) is 13.8 Å². The van der Waals surface area contributed by atoms with Gasteiger partial charge in [-0.25, -0.2) is 0 Å². The lowest BCUT2D eigenvalue weighted by Gasteiger charge is -2.06. The van der Waals surface area contributed by atoms with Gasteiger partial charge < -0.3 is 14.5 Å². The highest BCUT2D eigenvalue weighted by atomic mass is 16.5. The number of nitrogens with zero attached hydrogens (tertiary/aromatic N) is 2. The molecule has 0 aliphatic carbocycles. The molecule has 5 aromatic rings. The van der Waals surface area contributed by atoms with Crippen molar-refractivity contribution in [1.29, 1.82) is 0 Å². The predicted molar refractivity (Wildman–Crippen MR) is 150 cm³/mol. The molecule has 0 atom stereocenters. The van der Waals surface area contributed by atoms with E-state index in [0.29, 0.717) is 0 Å². The van der Waals surface area contributed by atoms with Gasteiger partial charge in [0.25, 0.3) is 0 Å². The largest absolute Gasteiger partial charge is 0.457 e. The molecule has 0 saturated heterocycles. The van der Waals surface area contributed by atoms with Crippen LogP contribution in [-0.4, -0.2) is 16.4 Å². The minimum Gasteiger partial charge on any atom is -0.457 e. The Kier molecular flexibility index (Phi) is 7.23. The van der Waals surface area contributed by atoms with Gasteiger partial charge in [-0.15, -0.1) is 0 Å². The molecule has 0 radical (unpaired) electrons. The molecule has 0 bridgehead atoms. The summed E-state index contributed by atoms with van der Waals surface area (Å²) >= 11 is 0. The number of aromatic amines is 1. The standard InChI is InChI=1S/C32H27N3O2/c1-23(33-25-13-17-29(18-14-25)36-27-9-5-3-6-10-27)31-21-22-32(35-31)24(2)34-26-15-19-30(20-16-26)37-28-11-7-4-8-12-28/h3-22,35H,1-2H3. The number of H-pyrrole nitrogens is 1. The SMILES string of the molecule is CC(=Nc1ccc(Oc2ccccc2)cc1)c1ccc(C(C)=Nc2ccc(Oc3ccccc3)cc2)[nH]1. The number of rotatable bonds is 8. The van der Waals surface area contributed by atoms with E-state index in [1.165, 1.54) is 0 Å². The third-order valence-electron chi connectivity index (χ3n) is 5.69. The molecule has 5 rings (SSSR count). The third kappa shape index (κ3) is 6.41. The van der Waals surface area contributed by atoms with Crippen LogP contribution < -0.4 is 9.47 Å². The van der Waals surface area contributed by atoms with Gasteiger partial charge in [0, 0.05) is 0 Å². The third-order valence-corrected chi connectivity index (χ3v) is 5.69. The highest BCUT2D eigenvalue weighted by Gasteiger charge is 2.06. The molecule has 0 unspecified atom stereocenters. The van der Waals surface area contributed by atoms with Crippen molar-refractivity contribution >= 4 is 22.8 Å². The second kappa shape index (κ2) is 11.2. The van der Waals surface area contributed by atoms with Crippen LogP contribution in [0.5, 0.6) is 23.0 Å². The first-order chi connectivity index (χ1) is 18.1. The van der Waals surface area contributed by atoms with E-state index >= 15 is 0 Å². The van der Waals surface area contributed by atoms with E-state index in [9.17, 15) is 0 Å². The number of ether oxygens (including phenoxy) is 2. The van der Waals surface area contributed by atoms with Crippen molar-refractivity contribution in [1.82, 2.24) is 4.98 Å². The highest BCUT2D eigenvalue weighted by molar-refractivity contribution is 6.03. The van der Waals surface area contributed by atoms with Crippen molar-refractivity contribution < 1.29 is 9.47 Å². The number of nitrogens with one attached hydrogen (secondary N) is 1. The van der Waals surface area contributed by atoms with E-state index in [1.54, 1.807) is 0 Å².